The molecule has 34 heavy (non-hydrogen) atoms. The lowest BCUT2D eigenvalue weighted by molar-refractivity contribution is 0.745. The van der Waals surface area contributed by atoms with Crippen molar-refractivity contribution < 1.29 is 0 Å². The molecule has 0 heterocycles. The van der Waals surface area contributed by atoms with Crippen LogP contribution in [0.2, 0.25) is 0 Å². The first-order valence-electron chi connectivity index (χ1n) is 11.3. The number of rotatable bonds is 6. The molecule has 0 bridgehead atoms. The molecule has 164 valence electrons. The minimum absolute atomic E-state index is 0.462. The zero-order valence-electron chi connectivity index (χ0n) is 18.8. The third-order valence-corrected chi connectivity index (χ3v) is 6.09. The Morgan fingerprint density at radius 1 is 0.382 bits per heavy atom. The van der Waals surface area contributed by atoms with Gasteiger partial charge in [0.15, 0.2) is 0 Å². The van der Waals surface area contributed by atoms with Crippen LogP contribution in [-0.2, 0) is 5.41 Å². The molecular weight excluding hydrogens is 414 g/mol. The minimum Gasteiger partial charge on any atom is -0.399 e. The van der Waals surface area contributed by atoms with Gasteiger partial charge >= 0.3 is 0 Å². The van der Waals surface area contributed by atoms with Gasteiger partial charge in [-0.05, 0) is 58.7 Å². The van der Waals surface area contributed by atoms with Crippen molar-refractivity contribution in [1.29, 1.82) is 0 Å². The molecule has 0 fully saturated rings. The molecule has 0 aromatic heterocycles. The second-order valence-corrected chi connectivity index (χ2v) is 8.19. The topological polar surface area (TPSA) is 50.7 Å². The van der Waals surface area contributed by atoms with Crippen molar-refractivity contribution in [2.45, 2.75) is 5.41 Å². The summed E-state index contributed by atoms with van der Waals surface area (Å²) in [5.74, 6) is 0. The number of hydrogen-bond donors (Lipinski definition) is 1. The van der Waals surface area contributed by atoms with Crippen LogP contribution in [0.25, 0.3) is 0 Å². The summed E-state index contributed by atoms with van der Waals surface area (Å²) in [5, 5.41) is 8.79. The number of hydrogen-bond acceptors (Lipinski definition) is 3. The Bertz CT molecular complexity index is 1260. The average molecular weight is 440 g/mol. The number of anilines is 1. The van der Waals surface area contributed by atoms with Gasteiger partial charge in [0, 0.05) is 5.69 Å². The molecular formula is C31H25N3. The van der Waals surface area contributed by atoms with Crippen LogP contribution in [0.3, 0.4) is 0 Å². The van der Waals surface area contributed by atoms with Crippen LogP contribution < -0.4 is 5.73 Å². The number of benzene rings is 5. The second kappa shape index (κ2) is 9.55. The maximum absolute atomic E-state index is 5.76. The average Bonchev–Trinajstić information content (AvgIpc) is 2.91. The minimum atomic E-state index is -0.462. The number of nitrogens with zero attached hydrogens (tertiary/aromatic N) is 2. The number of nitrogen functional groups attached to an aromatic ring is 1. The molecule has 0 amide bonds. The van der Waals surface area contributed by atoms with Gasteiger partial charge in [0.1, 0.15) is 0 Å². The molecule has 3 heteroatoms. The van der Waals surface area contributed by atoms with Crippen molar-refractivity contribution in [2.24, 2.45) is 10.2 Å². The highest BCUT2D eigenvalue weighted by Gasteiger charge is 2.38. The quantitative estimate of drug-likeness (QED) is 0.162. The predicted octanol–water partition coefficient (Wildman–Crippen LogP) is 8.07. The van der Waals surface area contributed by atoms with Crippen molar-refractivity contribution >= 4 is 17.1 Å². The summed E-state index contributed by atoms with van der Waals surface area (Å²) < 4.78 is 0. The lowest BCUT2D eigenvalue weighted by Crippen LogP contribution is -2.30. The summed E-state index contributed by atoms with van der Waals surface area (Å²) in [6.45, 7) is 0. The lowest BCUT2D eigenvalue weighted by atomic mass is 9.65. The lowest BCUT2D eigenvalue weighted by Gasteiger charge is -2.36. The van der Waals surface area contributed by atoms with E-state index in [1.165, 1.54) is 22.3 Å². The Kier molecular flexibility index (Phi) is 6.00. The predicted molar refractivity (Wildman–Crippen MR) is 140 cm³/mol. The highest BCUT2D eigenvalue weighted by atomic mass is 15.1. The largest absolute Gasteiger partial charge is 0.399 e. The molecule has 0 saturated heterocycles. The van der Waals surface area contributed by atoms with Crippen molar-refractivity contribution in [1.82, 2.24) is 0 Å². The molecule has 5 rings (SSSR count). The van der Waals surface area contributed by atoms with Gasteiger partial charge in [-0.25, -0.2) is 0 Å². The molecule has 3 nitrogen and oxygen atoms in total. The van der Waals surface area contributed by atoms with E-state index in [9.17, 15) is 0 Å². The van der Waals surface area contributed by atoms with Gasteiger partial charge in [-0.2, -0.15) is 10.2 Å². The molecule has 0 unspecified atom stereocenters. The molecule has 0 aliphatic heterocycles. The van der Waals surface area contributed by atoms with Gasteiger partial charge in [-0.3, -0.25) is 0 Å². The monoisotopic (exact) mass is 439 g/mol. The Hall–Kier alpha value is -4.50. The van der Waals surface area contributed by atoms with E-state index in [4.69, 9.17) is 5.73 Å². The molecule has 0 atom stereocenters. The maximum Gasteiger partial charge on any atom is 0.0858 e. The summed E-state index contributed by atoms with van der Waals surface area (Å²) in [4.78, 5) is 0. The van der Waals surface area contributed by atoms with Gasteiger partial charge in [-0.1, -0.05) is 103 Å². The van der Waals surface area contributed by atoms with Gasteiger partial charge in [-0.15, -0.1) is 0 Å². The standard InChI is InChI=1S/C31H25N3/c32-28-18-22-30(23-19-28)34-33-29-20-16-27(17-21-29)31(24-10-4-1-5-11-24,25-12-6-2-7-13-25)26-14-8-3-9-15-26/h1-23H,32H2. The summed E-state index contributed by atoms with van der Waals surface area (Å²) in [6.07, 6.45) is 0. The van der Waals surface area contributed by atoms with E-state index in [0.717, 1.165) is 11.4 Å². The molecule has 0 aliphatic rings. The van der Waals surface area contributed by atoms with E-state index in [0.29, 0.717) is 5.69 Å². The van der Waals surface area contributed by atoms with E-state index in [1.54, 1.807) is 0 Å². The van der Waals surface area contributed by atoms with Crippen LogP contribution in [0, 0.1) is 0 Å². The highest BCUT2D eigenvalue weighted by Crippen LogP contribution is 2.45. The first-order valence-corrected chi connectivity index (χ1v) is 11.3. The summed E-state index contributed by atoms with van der Waals surface area (Å²) in [5.41, 5.74) is 12.4. The summed E-state index contributed by atoms with van der Waals surface area (Å²) >= 11 is 0. The van der Waals surface area contributed by atoms with Gasteiger partial charge in [0.05, 0.1) is 16.8 Å². The summed E-state index contributed by atoms with van der Waals surface area (Å²) in [6, 6.07) is 47.8. The third kappa shape index (κ3) is 4.12. The smallest absolute Gasteiger partial charge is 0.0858 e. The normalized spacial score (nSPS) is 11.5. The third-order valence-electron chi connectivity index (χ3n) is 6.09. The Morgan fingerprint density at radius 3 is 1.09 bits per heavy atom. The van der Waals surface area contributed by atoms with E-state index in [1.807, 2.05) is 36.4 Å². The van der Waals surface area contributed by atoms with Crippen LogP contribution in [0.5, 0.6) is 0 Å². The van der Waals surface area contributed by atoms with E-state index < -0.39 is 5.41 Å². The van der Waals surface area contributed by atoms with Crippen LogP contribution >= 0.6 is 0 Å². The maximum atomic E-state index is 5.76. The van der Waals surface area contributed by atoms with Crippen molar-refractivity contribution in [2.75, 3.05) is 5.73 Å². The zero-order valence-corrected chi connectivity index (χ0v) is 18.8. The molecule has 0 spiro atoms. The highest BCUT2D eigenvalue weighted by molar-refractivity contribution is 5.60. The van der Waals surface area contributed by atoms with Gasteiger partial charge in [0.2, 0.25) is 0 Å². The van der Waals surface area contributed by atoms with Crippen molar-refractivity contribution in [3.8, 4) is 0 Å². The van der Waals surface area contributed by atoms with Crippen molar-refractivity contribution in [3.05, 3.63) is 162 Å². The first kappa shape index (κ1) is 21.4. The molecule has 5 aromatic rings. The van der Waals surface area contributed by atoms with Gasteiger partial charge < -0.3 is 5.73 Å². The van der Waals surface area contributed by atoms with Crippen molar-refractivity contribution in [3.63, 3.8) is 0 Å². The van der Waals surface area contributed by atoms with Crippen LogP contribution in [0.1, 0.15) is 22.3 Å². The number of nitrogens with two attached hydrogens (primary N) is 1. The molecule has 2 N–H and O–H groups in total. The van der Waals surface area contributed by atoms with Crippen LogP contribution in [0.4, 0.5) is 17.1 Å². The Balaban J connectivity index is 1.64. The summed E-state index contributed by atoms with van der Waals surface area (Å²) in [7, 11) is 0. The zero-order chi connectivity index (χ0) is 23.2. The Labute approximate surface area is 200 Å². The molecule has 5 aromatic carbocycles. The molecule has 0 radical (unpaired) electrons. The van der Waals surface area contributed by atoms with E-state index in [2.05, 4.69) is 113 Å². The number of azo groups is 1. The van der Waals surface area contributed by atoms with Crippen LogP contribution in [0.15, 0.2) is 150 Å². The SMILES string of the molecule is Nc1ccc(N=Nc2ccc(C(c3ccccc3)(c3ccccc3)c3ccccc3)cc2)cc1. The fourth-order valence-electron chi connectivity index (χ4n) is 4.50. The first-order chi connectivity index (χ1) is 16.8. The van der Waals surface area contributed by atoms with Crippen LogP contribution in [-0.4, -0.2) is 0 Å². The fourth-order valence-corrected chi connectivity index (χ4v) is 4.50. The van der Waals surface area contributed by atoms with E-state index >= 15 is 0 Å². The molecule has 0 aliphatic carbocycles. The Morgan fingerprint density at radius 2 is 0.706 bits per heavy atom. The van der Waals surface area contributed by atoms with Gasteiger partial charge in [0.25, 0.3) is 0 Å². The molecule has 0 saturated carbocycles. The second-order valence-electron chi connectivity index (χ2n) is 8.19. The fraction of sp³-hybridized carbons (Fsp3) is 0.0323. The van der Waals surface area contributed by atoms with E-state index in [-0.39, 0.29) is 0 Å².